The van der Waals surface area contributed by atoms with Crippen LogP contribution in [0.1, 0.15) is 13.8 Å². The smallest absolute Gasteiger partial charge is 0.110 e. The second kappa shape index (κ2) is 3.92. The van der Waals surface area contributed by atoms with Gasteiger partial charge in [-0.2, -0.15) is 0 Å². The molecule has 12 heavy (non-hydrogen) atoms. The van der Waals surface area contributed by atoms with Gasteiger partial charge in [0.25, 0.3) is 0 Å². The van der Waals surface area contributed by atoms with Crippen LogP contribution in [-0.2, 0) is 9.47 Å². The average Bonchev–Trinajstić information content (AvgIpc) is 2.26. The molecule has 74 valence electrons. The molecule has 0 saturated carbocycles. The predicted octanol–water partition coefficient (Wildman–Crippen LogP) is 0.808. The Hall–Kier alpha value is 0.170. The summed E-state index contributed by atoms with van der Waals surface area (Å²) < 4.78 is 10.8. The summed E-state index contributed by atoms with van der Waals surface area (Å²) in [6.07, 6.45) is 0. The lowest BCUT2D eigenvalue weighted by Gasteiger charge is -2.36. The highest BCUT2D eigenvalue weighted by molar-refractivity contribution is 5.85. The van der Waals surface area contributed by atoms with Crippen molar-refractivity contribution in [2.24, 2.45) is 11.1 Å². The Morgan fingerprint density at radius 3 is 2.17 bits per heavy atom. The first kappa shape index (κ1) is 12.2. The van der Waals surface area contributed by atoms with E-state index in [2.05, 4.69) is 13.8 Å². The molecule has 0 bridgehead atoms. The van der Waals surface area contributed by atoms with Crippen molar-refractivity contribution < 1.29 is 9.47 Å². The summed E-state index contributed by atoms with van der Waals surface area (Å²) in [4.78, 5) is 0. The molecule has 2 N–H and O–H groups in total. The fraction of sp³-hybridized carbons (Fsp3) is 1.00. The average molecular weight is 196 g/mol. The van der Waals surface area contributed by atoms with Crippen molar-refractivity contribution in [2.45, 2.75) is 19.4 Å². The molecule has 0 aromatic heterocycles. The summed E-state index contributed by atoms with van der Waals surface area (Å²) in [7, 11) is 1.70. The highest BCUT2D eigenvalue weighted by Gasteiger charge is 2.49. The van der Waals surface area contributed by atoms with Crippen LogP contribution in [0.15, 0.2) is 0 Å². The highest BCUT2D eigenvalue weighted by Crippen LogP contribution is 2.38. The molecule has 0 aliphatic carbocycles. The summed E-state index contributed by atoms with van der Waals surface area (Å²) in [6.45, 7) is 6.12. The van der Waals surface area contributed by atoms with Gasteiger partial charge in [0.1, 0.15) is 5.60 Å². The zero-order valence-corrected chi connectivity index (χ0v) is 8.74. The van der Waals surface area contributed by atoms with Crippen molar-refractivity contribution in [1.29, 1.82) is 0 Å². The molecule has 0 amide bonds. The van der Waals surface area contributed by atoms with Crippen LogP contribution in [0, 0.1) is 5.41 Å². The first-order valence-electron chi connectivity index (χ1n) is 3.91. The van der Waals surface area contributed by atoms with E-state index >= 15 is 0 Å². The molecule has 1 saturated heterocycles. The molecule has 1 heterocycles. The number of rotatable bonds is 2. The monoisotopic (exact) mass is 195 g/mol. The number of halogens is 1. The SMILES string of the molecule is COC1(CN)COCC1(C)C.Cl. The first-order chi connectivity index (χ1) is 5.08. The largest absolute Gasteiger partial charge is 0.378 e. The van der Waals surface area contributed by atoms with Gasteiger partial charge in [-0.1, -0.05) is 13.8 Å². The van der Waals surface area contributed by atoms with Crippen molar-refractivity contribution >= 4 is 12.4 Å². The van der Waals surface area contributed by atoms with Crippen LogP contribution < -0.4 is 5.73 Å². The fourth-order valence-corrected chi connectivity index (χ4v) is 1.55. The van der Waals surface area contributed by atoms with E-state index in [9.17, 15) is 0 Å². The molecule has 0 aromatic rings. The molecule has 1 fully saturated rings. The topological polar surface area (TPSA) is 44.5 Å². The third kappa shape index (κ3) is 1.59. The van der Waals surface area contributed by atoms with Gasteiger partial charge in [-0.05, 0) is 0 Å². The number of ether oxygens (including phenoxy) is 2. The highest BCUT2D eigenvalue weighted by atomic mass is 35.5. The maximum atomic E-state index is 5.65. The predicted molar refractivity (Wildman–Crippen MR) is 50.6 cm³/mol. The number of nitrogens with two attached hydrogens (primary N) is 1. The van der Waals surface area contributed by atoms with E-state index in [1.807, 2.05) is 0 Å². The first-order valence-corrected chi connectivity index (χ1v) is 3.91. The van der Waals surface area contributed by atoms with E-state index < -0.39 is 0 Å². The molecule has 0 spiro atoms. The molecule has 0 aromatic carbocycles. The summed E-state index contributed by atoms with van der Waals surface area (Å²) in [5, 5.41) is 0. The van der Waals surface area contributed by atoms with E-state index in [0.717, 1.165) is 6.61 Å². The van der Waals surface area contributed by atoms with Crippen LogP contribution in [0.25, 0.3) is 0 Å². The molecular formula is C8H18ClNO2. The van der Waals surface area contributed by atoms with Crippen LogP contribution in [0.5, 0.6) is 0 Å². The molecule has 1 aliphatic heterocycles. The van der Waals surface area contributed by atoms with Crippen LogP contribution in [0.4, 0.5) is 0 Å². The number of methoxy groups -OCH3 is 1. The third-order valence-electron chi connectivity index (χ3n) is 2.75. The second-order valence-corrected chi connectivity index (χ2v) is 3.78. The second-order valence-electron chi connectivity index (χ2n) is 3.78. The Morgan fingerprint density at radius 1 is 1.42 bits per heavy atom. The minimum atomic E-state index is -0.271. The van der Waals surface area contributed by atoms with Crippen LogP contribution in [-0.4, -0.2) is 32.5 Å². The van der Waals surface area contributed by atoms with Gasteiger partial charge in [0, 0.05) is 19.1 Å². The van der Waals surface area contributed by atoms with Crippen LogP contribution >= 0.6 is 12.4 Å². The lowest BCUT2D eigenvalue weighted by atomic mass is 9.78. The van der Waals surface area contributed by atoms with E-state index in [1.54, 1.807) is 7.11 Å². The fourth-order valence-electron chi connectivity index (χ4n) is 1.55. The van der Waals surface area contributed by atoms with Crippen LogP contribution in [0.2, 0.25) is 0 Å². The van der Waals surface area contributed by atoms with Gasteiger partial charge in [0.05, 0.1) is 13.2 Å². The van der Waals surface area contributed by atoms with Gasteiger partial charge < -0.3 is 15.2 Å². The Bertz CT molecular complexity index is 146. The minimum Gasteiger partial charge on any atom is -0.378 e. The maximum absolute atomic E-state index is 5.65. The van der Waals surface area contributed by atoms with Gasteiger partial charge in [-0.3, -0.25) is 0 Å². The molecular weight excluding hydrogens is 178 g/mol. The van der Waals surface area contributed by atoms with Crippen molar-refractivity contribution in [3.63, 3.8) is 0 Å². The molecule has 1 unspecified atom stereocenters. The quantitative estimate of drug-likeness (QED) is 0.710. The summed E-state index contributed by atoms with van der Waals surface area (Å²) in [5.41, 5.74) is 5.42. The zero-order chi connectivity index (χ0) is 8.54. The van der Waals surface area contributed by atoms with Gasteiger partial charge >= 0.3 is 0 Å². The van der Waals surface area contributed by atoms with E-state index in [1.165, 1.54) is 0 Å². The summed E-state index contributed by atoms with van der Waals surface area (Å²) in [6, 6.07) is 0. The van der Waals surface area contributed by atoms with Crippen molar-refractivity contribution in [3.05, 3.63) is 0 Å². The molecule has 3 nitrogen and oxygen atoms in total. The Labute approximate surface area is 80.0 Å². The van der Waals surface area contributed by atoms with Crippen molar-refractivity contribution in [1.82, 2.24) is 0 Å². The Kier molecular flexibility index (Phi) is 3.97. The minimum absolute atomic E-state index is 0. The summed E-state index contributed by atoms with van der Waals surface area (Å²) in [5.74, 6) is 0. The zero-order valence-electron chi connectivity index (χ0n) is 7.92. The van der Waals surface area contributed by atoms with E-state index in [-0.39, 0.29) is 23.4 Å². The maximum Gasteiger partial charge on any atom is 0.110 e. The number of hydrogen-bond acceptors (Lipinski definition) is 3. The molecule has 1 atom stereocenters. The van der Waals surface area contributed by atoms with Crippen molar-refractivity contribution in [3.8, 4) is 0 Å². The van der Waals surface area contributed by atoms with Gasteiger partial charge in [-0.15, -0.1) is 12.4 Å². The Morgan fingerprint density at radius 2 is 2.00 bits per heavy atom. The standard InChI is InChI=1S/C8H17NO2.ClH/c1-7(2)5-11-6-8(7,4-9)10-3;/h4-6,9H2,1-3H3;1H. The third-order valence-corrected chi connectivity index (χ3v) is 2.75. The molecule has 0 radical (unpaired) electrons. The molecule has 1 aliphatic rings. The van der Waals surface area contributed by atoms with Crippen LogP contribution in [0.3, 0.4) is 0 Å². The molecule has 1 rings (SSSR count). The molecule has 4 heteroatoms. The van der Waals surface area contributed by atoms with E-state index in [4.69, 9.17) is 15.2 Å². The summed E-state index contributed by atoms with van der Waals surface area (Å²) >= 11 is 0. The number of hydrogen-bond donors (Lipinski definition) is 1. The lowest BCUT2D eigenvalue weighted by molar-refractivity contribution is -0.0624. The normalized spacial score (nSPS) is 33.0. The van der Waals surface area contributed by atoms with Crippen molar-refractivity contribution in [2.75, 3.05) is 26.9 Å². The van der Waals surface area contributed by atoms with Gasteiger partial charge in [0.15, 0.2) is 0 Å². The Balaban J connectivity index is 0.00000121. The lowest BCUT2D eigenvalue weighted by Crippen LogP contribution is -2.51. The van der Waals surface area contributed by atoms with Gasteiger partial charge in [0.2, 0.25) is 0 Å². The van der Waals surface area contributed by atoms with E-state index in [0.29, 0.717) is 13.2 Å². The van der Waals surface area contributed by atoms with Gasteiger partial charge in [-0.25, -0.2) is 0 Å².